The summed E-state index contributed by atoms with van der Waals surface area (Å²) in [5, 5.41) is 3.37. The van der Waals surface area contributed by atoms with Crippen molar-refractivity contribution in [3.8, 4) is 0 Å². The van der Waals surface area contributed by atoms with Crippen molar-refractivity contribution in [3.63, 3.8) is 0 Å². The van der Waals surface area contributed by atoms with Gasteiger partial charge >= 0.3 is 0 Å². The van der Waals surface area contributed by atoms with Crippen LogP contribution in [-0.2, 0) is 0 Å². The molecule has 0 bridgehead atoms. The van der Waals surface area contributed by atoms with Gasteiger partial charge in [0.25, 0.3) is 0 Å². The number of nitrogens with zero attached hydrogens (tertiary/aromatic N) is 1. The van der Waals surface area contributed by atoms with Gasteiger partial charge in [-0.25, -0.2) is 4.39 Å². The summed E-state index contributed by atoms with van der Waals surface area (Å²) in [5.41, 5.74) is 0.835. The highest BCUT2D eigenvalue weighted by Crippen LogP contribution is 2.32. The first-order valence-electron chi connectivity index (χ1n) is 7.48. The van der Waals surface area contributed by atoms with Crippen LogP contribution in [0.25, 0.3) is 0 Å². The number of rotatable bonds is 5. The van der Waals surface area contributed by atoms with Gasteiger partial charge in [-0.3, -0.25) is 4.90 Å². The van der Waals surface area contributed by atoms with Crippen molar-refractivity contribution in [1.82, 2.24) is 10.2 Å². The Balaban J connectivity index is 0.00000220. The standard InChI is InChI=1S/C16H24BrFN2.2ClH/c1-12(2)6-7-15(20-10-8-19-9-11-20)13-4-3-5-14(17)16(13)18;;/h3-5,12,15,19H,6-11H2,1-2H3;2*1H/t15-;;/m1../s1. The minimum atomic E-state index is -0.0974. The van der Waals surface area contributed by atoms with E-state index in [0.717, 1.165) is 44.6 Å². The van der Waals surface area contributed by atoms with Gasteiger partial charge in [-0.05, 0) is 40.8 Å². The largest absolute Gasteiger partial charge is 0.314 e. The second-order valence-corrected chi connectivity index (χ2v) is 6.77. The number of benzene rings is 1. The number of piperazine rings is 1. The van der Waals surface area contributed by atoms with E-state index in [-0.39, 0.29) is 36.7 Å². The minimum Gasteiger partial charge on any atom is -0.314 e. The van der Waals surface area contributed by atoms with Gasteiger partial charge in [0.05, 0.1) is 4.47 Å². The summed E-state index contributed by atoms with van der Waals surface area (Å²) in [4.78, 5) is 2.42. The molecule has 0 aromatic heterocycles. The van der Waals surface area contributed by atoms with Crippen molar-refractivity contribution >= 4 is 40.7 Å². The molecule has 0 radical (unpaired) electrons. The molecular weight excluding hydrogens is 390 g/mol. The maximum atomic E-state index is 14.4. The molecule has 128 valence electrons. The molecule has 1 aliphatic heterocycles. The summed E-state index contributed by atoms with van der Waals surface area (Å²) >= 11 is 3.31. The van der Waals surface area contributed by atoms with Crippen LogP contribution in [0.4, 0.5) is 4.39 Å². The Morgan fingerprint density at radius 2 is 1.82 bits per heavy atom. The molecule has 1 aromatic rings. The molecule has 1 atom stereocenters. The van der Waals surface area contributed by atoms with E-state index < -0.39 is 0 Å². The van der Waals surface area contributed by atoms with Crippen LogP contribution in [0.1, 0.15) is 38.3 Å². The van der Waals surface area contributed by atoms with Gasteiger partial charge in [-0.15, -0.1) is 24.8 Å². The SMILES string of the molecule is CC(C)CC[C@H](c1cccc(Br)c1F)N1CCNCC1.Cl.Cl. The molecule has 2 rings (SSSR count). The van der Waals surface area contributed by atoms with Crippen LogP contribution in [0.5, 0.6) is 0 Å². The quantitative estimate of drug-likeness (QED) is 0.741. The van der Waals surface area contributed by atoms with Gasteiger partial charge in [0, 0.05) is 37.8 Å². The number of halogens is 4. The molecule has 0 saturated carbocycles. The zero-order valence-corrected chi connectivity index (χ0v) is 16.4. The summed E-state index contributed by atoms with van der Waals surface area (Å²) < 4.78 is 15.0. The number of hydrogen-bond donors (Lipinski definition) is 1. The molecular formula is C16H26BrCl2FN2. The lowest BCUT2D eigenvalue weighted by Crippen LogP contribution is -2.45. The zero-order valence-electron chi connectivity index (χ0n) is 13.1. The molecule has 1 N–H and O–H groups in total. The smallest absolute Gasteiger partial charge is 0.142 e. The van der Waals surface area contributed by atoms with Gasteiger partial charge in [0.1, 0.15) is 5.82 Å². The van der Waals surface area contributed by atoms with Crippen molar-refractivity contribution in [3.05, 3.63) is 34.1 Å². The van der Waals surface area contributed by atoms with E-state index in [4.69, 9.17) is 0 Å². The van der Waals surface area contributed by atoms with Crippen LogP contribution in [-0.4, -0.2) is 31.1 Å². The highest BCUT2D eigenvalue weighted by atomic mass is 79.9. The van der Waals surface area contributed by atoms with E-state index in [0.29, 0.717) is 10.4 Å². The van der Waals surface area contributed by atoms with E-state index in [1.165, 1.54) is 0 Å². The normalized spacial score (nSPS) is 16.8. The van der Waals surface area contributed by atoms with Gasteiger partial charge < -0.3 is 5.32 Å². The summed E-state index contributed by atoms with van der Waals surface area (Å²) in [6.07, 6.45) is 2.14. The molecule has 1 fully saturated rings. The summed E-state index contributed by atoms with van der Waals surface area (Å²) in [6, 6.07) is 5.84. The highest BCUT2D eigenvalue weighted by molar-refractivity contribution is 9.10. The maximum absolute atomic E-state index is 14.4. The minimum absolute atomic E-state index is 0. The Kier molecular flexibility index (Phi) is 10.9. The molecule has 1 aliphatic rings. The van der Waals surface area contributed by atoms with E-state index in [9.17, 15) is 4.39 Å². The topological polar surface area (TPSA) is 15.3 Å². The molecule has 6 heteroatoms. The van der Waals surface area contributed by atoms with Crippen LogP contribution in [0, 0.1) is 11.7 Å². The Bertz CT molecular complexity index is 440. The maximum Gasteiger partial charge on any atom is 0.142 e. The first-order valence-corrected chi connectivity index (χ1v) is 8.27. The summed E-state index contributed by atoms with van der Waals surface area (Å²) in [7, 11) is 0. The second-order valence-electron chi connectivity index (χ2n) is 5.92. The lowest BCUT2D eigenvalue weighted by atomic mass is 9.95. The van der Waals surface area contributed by atoms with E-state index >= 15 is 0 Å². The van der Waals surface area contributed by atoms with Crippen molar-refractivity contribution < 1.29 is 4.39 Å². The van der Waals surface area contributed by atoms with Crippen LogP contribution >= 0.6 is 40.7 Å². The Morgan fingerprint density at radius 1 is 1.18 bits per heavy atom. The Morgan fingerprint density at radius 3 is 2.41 bits per heavy atom. The highest BCUT2D eigenvalue weighted by Gasteiger charge is 2.25. The third-order valence-corrected chi connectivity index (χ3v) is 4.56. The Labute approximate surface area is 154 Å². The summed E-state index contributed by atoms with van der Waals surface area (Å²) in [5.74, 6) is 0.551. The van der Waals surface area contributed by atoms with Gasteiger partial charge in [0.15, 0.2) is 0 Å². The van der Waals surface area contributed by atoms with Crippen LogP contribution in [0.3, 0.4) is 0 Å². The summed E-state index contributed by atoms with van der Waals surface area (Å²) in [6.45, 7) is 8.43. The van der Waals surface area contributed by atoms with Crippen molar-refractivity contribution in [1.29, 1.82) is 0 Å². The number of hydrogen-bond acceptors (Lipinski definition) is 2. The molecule has 0 amide bonds. The van der Waals surface area contributed by atoms with Crippen molar-refractivity contribution in [2.45, 2.75) is 32.7 Å². The van der Waals surface area contributed by atoms with E-state index in [2.05, 4.69) is 40.0 Å². The van der Waals surface area contributed by atoms with Crippen LogP contribution in [0.15, 0.2) is 22.7 Å². The van der Waals surface area contributed by atoms with Crippen LogP contribution in [0.2, 0.25) is 0 Å². The molecule has 0 unspecified atom stereocenters. The van der Waals surface area contributed by atoms with E-state index in [1.54, 1.807) is 6.07 Å². The van der Waals surface area contributed by atoms with Crippen molar-refractivity contribution in [2.75, 3.05) is 26.2 Å². The molecule has 0 aliphatic carbocycles. The fourth-order valence-corrected chi connectivity index (χ4v) is 3.18. The monoisotopic (exact) mass is 414 g/mol. The van der Waals surface area contributed by atoms with Gasteiger partial charge in [0.2, 0.25) is 0 Å². The molecule has 1 heterocycles. The van der Waals surface area contributed by atoms with E-state index in [1.807, 2.05) is 12.1 Å². The van der Waals surface area contributed by atoms with Gasteiger partial charge in [-0.1, -0.05) is 26.0 Å². The first kappa shape index (κ1) is 22.1. The average Bonchev–Trinajstić information content (AvgIpc) is 2.44. The van der Waals surface area contributed by atoms with Gasteiger partial charge in [-0.2, -0.15) is 0 Å². The lowest BCUT2D eigenvalue weighted by molar-refractivity contribution is 0.156. The molecule has 22 heavy (non-hydrogen) atoms. The Hall–Kier alpha value is 0.130. The first-order chi connectivity index (χ1) is 9.59. The fraction of sp³-hybridized carbons (Fsp3) is 0.625. The molecule has 1 saturated heterocycles. The predicted molar refractivity (Wildman–Crippen MR) is 99.9 cm³/mol. The fourth-order valence-electron chi connectivity index (χ4n) is 2.80. The zero-order chi connectivity index (χ0) is 14.5. The lowest BCUT2D eigenvalue weighted by Gasteiger charge is -2.36. The second kappa shape index (κ2) is 10.8. The predicted octanol–water partition coefficient (Wildman–Crippen LogP) is 4.81. The molecule has 2 nitrogen and oxygen atoms in total. The third kappa shape index (κ3) is 5.97. The molecule has 1 aromatic carbocycles. The number of nitrogens with one attached hydrogen (secondary N) is 1. The molecule has 0 spiro atoms. The van der Waals surface area contributed by atoms with Crippen LogP contribution < -0.4 is 5.32 Å². The van der Waals surface area contributed by atoms with Crippen molar-refractivity contribution in [2.24, 2.45) is 5.92 Å². The average molecular weight is 416 g/mol. The third-order valence-electron chi connectivity index (χ3n) is 3.95.